The number of rotatable bonds is 6. The summed E-state index contributed by atoms with van der Waals surface area (Å²) in [6, 6.07) is 4.72. The van der Waals surface area contributed by atoms with Gasteiger partial charge in [-0.15, -0.1) is 29.4 Å². The molecule has 2 aliphatic heterocycles. The second-order valence-electron chi connectivity index (χ2n) is 11.8. The molecule has 0 spiro atoms. The average molecular weight is 769 g/mol. The van der Waals surface area contributed by atoms with Crippen molar-refractivity contribution in [1.29, 1.82) is 0 Å². The number of aromatic nitrogens is 5. The molecule has 52 heavy (non-hydrogen) atoms. The zero-order chi connectivity index (χ0) is 38.2. The summed E-state index contributed by atoms with van der Waals surface area (Å²) in [5.41, 5.74) is -0.355. The number of hydrogen-bond donors (Lipinski definition) is 1. The zero-order valence-corrected chi connectivity index (χ0v) is 29.2. The predicted octanol–water partition coefficient (Wildman–Crippen LogP) is 2.69. The molecule has 4 heterocycles. The van der Waals surface area contributed by atoms with Gasteiger partial charge in [-0.2, -0.15) is 4.37 Å². The van der Waals surface area contributed by atoms with Crippen LogP contribution < -0.4 is 34.3 Å². The third kappa shape index (κ3) is 7.94. The molecule has 0 aliphatic carbocycles. The molecule has 4 aromatic rings. The van der Waals surface area contributed by atoms with E-state index in [9.17, 15) is 40.4 Å². The van der Waals surface area contributed by atoms with Crippen molar-refractivity contribution in [2.75, 3.05) is 25.2 Å². The highest BCUT2D eigenvalue weighted by Gasteiger charge is 2.35. The van der Waals surface area contributed by atoms with Crippen LogP contribution in [0.25, 0.3) is 0 Å². The Morgan fingerprint density at radius 2 is 1.94 bits per heavy atom. The van der Waals surface area contributed by atoms with E-state index in [2.05, 4.69) is 39.0 Å². The van der Waals surface area contributed by atoms with Crippen LogP contribution in [0.2, 0.25) is 0 Å². The van der Waals surface area contributed by atoms with Gasteiger partial charge in [0.05, 0.1) is 19.3 Å². The fraction of sp³-hybridized carbons (Fsp3) is 0.333. The molecule has 0 atom stereocenters. The second kappa shape index (κ2) is 14.1. The van der Waals surface area contributed by atoms with Gasteiger partial charge in [0.1, 0.15) is 27.9 Å². The van der Waals surface area contributed by atoms with Crippen LogP contribution in [0.1, 0.15) is 19.7 Å². The summed E-state index contributed by atoms with van der Waals surface area (Å²) < 4.78 is 98.7. The van der Waals surface area contributed by atoms with E-state index in [1.165, 1.54) is 40.3 Å². The quantitative estimate of drug-likeness (QED) is 0.226. The third-order valence-corrected chi connectivity index (χ3v) is 9.47. The molecule has 0 radical (unpaired) electrons. The van der Waals surface area contributed by atoms with Gasteiger partial charge in [0.15, 0.2) is 12.4 Å². The normalized spacial score (nSPS) is 15.1. The number of benzene rings is 2. The highest BCUT2D eigenvalue weighted by atomic mass is 32.2. The summed E-state index contributed by atoms with van der Waals surface area (Å²) in [5, 5.41) is 3.44. The lowest BCUT2D eigenvalue weighted by molar-refractivity contribution is -0.275. The molecule has 2 amide bonds. The number of amides is 2. The Labute approximate surface area is 296 Å². The van der Waals surface area contributed by atoms with Crippen molar-refractivity contribution in [1.82, 2.24) is 28.0 Å². The number of terminal acetylenes is 1. The van der Waals surface area contributed by atoms with E-state index in [4.69, 9.17) is 15.9 Å². The number of alkyl halides is 3. The van der Waals surface area contributed by atoms with Crippen LogP contribution in [0.3, 0.4) is 0 Å². The van der Waals surface area contributed by atoms with Crippen molar-refractivity contribution < 1.29 is 49.8 Å². The molecule has 1 N–H and O–H groups in total. The number of fused-ring (bicyclic) bond motifs is 2. The highest BCUT2D eigenvalue weighted by Crippen LogP contribution is 2.37. The van der Waals surface area contributed by atoms with Gasteiger partial charge in [-0.3, -0.25) is 9.69 Å². The summed E-state index contributed by atoms with van der Waals surface area (Å²) >= 11 is 1.24. The van der Waals surface area contributed by atoms with Crippen molar-refractivity contribution in [3.8, 4) is 29.9 Å². The van der Waals surface area contributed by atoms with Crippen molar-refractivity contribution in [3.05, 3.63) is 63.3 Å². The Morgan fingerprint density at radius 1 is 1.23 bits per heavy atom. The SMILES string of the molecule is C#CCN1C(=O)COc2cc(F)c(/N=c3\snc4n3CC(C)(C)C4)cc21.COc1nn(C(=O)NS(=O)(=O)c2ccccc2OC(F)(F)F)c(=O)n1C. The maximum atomic E-state index is 14.5. The van der Waals surface area contributed by atoms with Gasteiger partial charge in [-0.25, -0.2) is 36.7 Å². The molecule has 2 aromatic carbocycles. The predicted molar refractivity (Wildman–Crippen MR) is 174 cm³/mol. The zero-order valence-electron chi connectivity index (χ0n) is 27.6. The minimum absolute atomic E-state index is 0.0964. The van der Waals surface area contributed by atoms with Crippen LogP contribution >= 0.6 is 11.5 Å². The van der Waals surface area contributed by atoms with Gasteiger partial charge in [0.25, 0.3) is 15.9 Å². The average Bonchev–Trinajstić information content (AvgIpc) is 3.67. The number of anilines is 1. The summed E-state index contributed by atoms with van der Waals surface area (Å²) in [6.45, 7) is 5.05. The third-order valence-electron chi connectivity index (χ3n) is 7.34. The first-order valence-corrected chi connectivity index (χ1v) is 17.0. The number of nitrogens with one attached hydrogen (secondary N) is 1. The number of methoxy groups -OCH3 is 1. The molecule has 0 saturated heterocycles. The summed E-state index contributed by atoms with van der Waals surface area (Å²) in [5.74, 6) is 1.87. The molecule has 0 fully saturated rings. The molecule has 0 unspecified atom stereocenters. The standard InChI is InChI=1S/C18H17FN4O2S.C12H11F3N4O6S/c1-4-5-22-13-7-12(11(19)6-14(13)25-9-16(22)24)20-17-23-10-18(2,3)8-15(23)21-26-17;1-18-10(24-2)16-19(11(18)21)9(20)17-26(22,23)8-6-4-3-5-7(8)25-12(13,14)15/h1,6-7H,5,8-10H2,2-3H3;3-6H,1-2H3,(H,17,20)/b20-17-;. The van der Waals surface area contributed by atoms with E-state index in [1.54, 1.807) is 0 Å². The molecule has 0 bridgehead atoms. The molecule has 2 aliphatic rings. The summed E-state index contributed by atoms with van der Waals surface area (Å²) in [6.07, 6.45) is 1.06. The molecule has 16 nitrogen and oxygen atoms in total. The van der Waals surface area contributed by atoms with Crippen LogP contribution in [-0.2, 0) is 34.8 Å². The maximum Gasteiger partial charge on any atom is 0.573 e. The van der Waals surface area contributed by atoms with E-state index < -0.39 is 44.6 Å². The maximum absolute atomic E-state index is 14.5. The fourth-order valence-corrected chi connectivity index (χ4v) is 6.89. The number of ether oxygens (including phenoxy) is 3. The molecule has 22 heteroatoms. The molecule has 276 valence electrons. The summed E-state index contributed by atoms with van der Waals surface area (Å²) in [4.78, 5) is 41.4. The van der Waals surface area contributed by atoms with E-state index in [1.807, 2.05) is 4.57 Å². The lowest BCUT2D eigenvalue weighted by atomic mass is 9.92. The van der Waals surface area contributed by atoms with Gasteiger partial charge in [-0.1, -0.05) is 31.9 Å². The minimum Gasteiger partial charge on any atom is -0.481 e. The van der Waals surface area contributed by atoms with E-state index in [0.717, 1.165) is 54.7 Å². The largest absolute Gasteiger partial charge is 0.573 e. The second-order valence-corrected chi connectivity index (χ2v) is 14.2. The fourth-order valence-electron chi connectivity index (χ4n) is 5.07. The van der Waals surface area contributed by atoms with Gasteiger partial charge < -0.3 is 18.8 Å². The van der Waals surface area contributed by atoms with Crippen molar-refractivity contribution in [2.24, 2.45) is 17.5 Å². The monoisotopic (exact) mass is 768 g/mol. The van der Waals surface area contributed by atoms with Crippen LogP contribution in [0.4, 0.5) is 33.7 Å². The Kier molecular flexibility index (Phi) is 10.2. The lowest BCUT2D eigenvalue weighted by Gasteiger charge is -2.28. The molecule has 2 aromatic heterocycles. The number of hydrogen-bond acceptors (Lipinski definition) is 12. The molecule has 0 saturated carbocycles. The van der Waals surface area contributed by atoms with Crippen molar-refractivity contribution in [3.63, 3.8) is 0 Å². The van der Waals surface area contributed by atoms with Crippen LogP contribution in [-0.4, -0.2) is 70.3 Å². The Morgan fingerprint density at radius 3 is 2.60 bits per heavy atom. The van der Waals surface area contributed by atoms with E-state index >= 15 is 0 Å². The smallest absolute Gasteiger partial charge is 0.481 e. The molecule has 6 rings (SSSR count). The Balaban J connectivity index is 0.000000201. The summed E-state index contributed by atoms with van der Waals surface area (Å²) in [7, 11) is -2.45. The first-order valence-electron chi connectivity index (χ1n) is 14.8. The topological polar surface area (TPSA) is 181 Å². The highest BCUT2D eigenvalue weighted by molar-refractivity contribution is 7.90. The number of halogens is 4. The lowest BCUT2D eigenvalue weighted by Crippen LogP contribution is -2.40. The minimum atomic E-state index is -5.15. The van der Waals surface area contributed by atoms with Crippen LogP contribution in [0.5, 0.6) is 17.5 Å². The number of sulfonamides is 1. The number of carbonyl (C=O) groups excluding carboxylic acids is 2. The first-order chi connectivity index (χ1) is 24.3. The van der Waals surface area contributed by atoms with Crippen molar-refractivity contribution >= 4 is 44.9 Å². The van der Waals surface area contributed by atoms with Gasteiger partial charge in [-0.05, 0) is 23.6 Å². The van der Waals surface area contributed by atoms with Crippen molar-refractivity contribution in [2.45, 2.75) is 38.1 Å². The van der Waals surface area contributed by atoms with E-state index in [-0.39, 0.29) is 40.9 Å². The Bertz CT molecular complexity index is 2340. The Hall–Kier alpha value is -5.69. The van der Waals surface area contributed by atoms with Crippen LogP contribution in [0, 0.1) is 23.6 Å². The first kappa shape index (κ1) is 37.6. The van der Waals surface area contributed by atoms with Gasteiger partial charge in [0, 0.05) is 37.6 Å². The van der Waals surface area contributed by atoms with Gasteiger partial charge >= 0.3 is 24.1 Å². The molecular weight excluding hydrogens is 741 g/mol. The molecular formula is C30H28F4N8O8S2. The number of para-hydroxylation sites is 1. The van der Waals surface area contributed by atoms with Gasteiger partial charge in [0.2, 0.25) is 4.80 Å². The van der Waals surface area contributed by atoms with E-state index in [0.29, 0.717) is 16.2 Å². The van der Waals surface area contributed by atoms with Crippen LogP contribution in [0.15, 0.2) is 51.1 Å². The number of nitrogens with zero attached hydrogens (tertiary/aromatic N) is 7. The number of carbonyl (C=O) groups is 2.